The number of benzene rings is 1. The molecule has 2 amide bonds. The molecule has 0 saturated heterocycles. The van der Waals surface area contributed by atoms with Crippen molar-refractivity contribution < 1.29 is 24.2 Å². The Morgan fingerprint density at radius 1 is 1.33 bits per heavy atom. The van der Waals surface area contributed by atoms with Crippen LogP contribution in [0.25, 0.3) is 0 Å². The zero-order valence-corrected chi connectivity index (χ0v) is 11.9. The fourth-order valence-corrected chi connectivity index (χ4v) is 2.21. The van der Waals surface area contributed by atoms with Gasteiger partial charge in [-0.25, -0.2) is 9.59 Å². The predicted octanol–water partition coefficient (Wildman–Crippen LogP) is 1.20. The van der Waals surface area contributed by atoms with Gasteiger partial charge in [-0.1, -0.05) is 6.07 Å². The third-order valence-electron chi connectivity index (χ3n) is 3.21. The number of hydrogen-bond donors (Lipinski definition) is 3. The molecule has 0 saturated carbocycles. The van der Waals surface area contributed by atoms with E-state index >= 15 is 0 Å². The summed E-state index contributed by atoms with van der Waals surface area (Å²) in [7, 11) is 2.70. The first-order valence-electron chi connectivity index (χ1n) is 6.21. The molecule has 1 aromatic rings. The first kappa shape index (κ1) is 14.7. The van der Waals surface area contributed by atoms with Gasteiger partial charge in [0.05, 0.1) is 25.8 Å². The quantitative estimate of drug-likeness (QED) is 0.727. The highest BCUT2D eigenvalue weighted by Crippen LogP contribution is 2.33. The maximum atomic E-state index is 11.9. The lowest BCUT2D eigenvalue weighted by molar-refractivity contribution is -0.136. The minimum Gasteiger partial charge on any atom is -0.504 e. The number of amides is 2. The molecule has 0 aromatic heterocycles. The summed E-state index contributed by atoms with van der Waals surface area (Å²) in [6, 6.07) is 3.52. The lowest BCUT2D eigenvalue weighted by atomic mass is 9.95. The van der Waals surface area contributed by atoms with E-state index in [9.17, 15) is 14.7 Å². The van der Waals surface area contributed by atoms with Crippen molar-refractivity contribution in [2.45, 2.75) is 13.0 Å². The second-order valence-corrected chi connectivity index (χ2v) is 4.49. The molecule has 0 fully saturated rings. The normalized spacial score (nSPS) is 17.9. The van der Waals surface area contributed by atoms with E-state index in [2.05, 4.69) is 10.6 Å². The largest absolute Gasteiger partial charge is 0.504 e. The third-order valence-corrected chi connectivity index (χ3v) is 3.21. The summed E-state index contributed by atoms with van der Waals surface area (Å²) in [4.78, 5) is 23.5. The van der Waals surface area contributed by atoms with Gasteiger partial charge in [0, 0.05) is 5.70 Å². The average molecular weight is 292 g/mol. The molecule has 0 bridgehead atoms. The van der Waals surface area contributed by atoms with Crippen molar-refractivity contribution in [2.24, 2.45) is 0 Å². The van der Waals surface area contributed by atoms with Gasteiger partial charge in [0.2, 0.25) is 0 Å². The minimum atomic E-state index is -0.706. The third kappa shape index (κ3) is 2.76. The number of esters is 1. The van der Waals surface area contributed by atoms with Crippen LogP contribution in [-0.2, 0) is 9.53 Å². The second-order valence-electron chi connectivity index (χ2n) is 4.49. The van der Waals surface area contributed by atoms with Gasteiger partial charge in [0.15, 0.2) is 11.5 Å². The number of phenols is 1. The molecule has 1 aliphatic rings. The molecule has 0 unspecified atom stereocenters. The fourth-order valence-electron chi connectivity index (χ4n) is 2.21. The van der Waals surface area contributed by atoms with Gasteiger partial charge in [-0.2, -0.15) is 0 Å². The molecule has 1 aliphatic heterocycles. The Morgan fingerprint density at radius 2 is 2.05 bits per heavy atom. The molecule has 1 heterocycles. The Morgan fingerprint density at radius 3 is 2.62 bits per heavy atom. The molecule has 2 rings (SSSR count). The van der Waals surface area contributed by atoms with Crippen LogP contribution in [-0.4, -0.2) is 31.3 Å². The molecule has 0 radical (unpaired) electrons. The zero-order chi connectivity index (χ0) is 15.6. The molecule has 7 heteroatoms. The number of methoxy groups -OCH3 is 2. The first-order chi connectivity index (χ1) is 9.97. The van der Waals surface area contributed by atoms with Crippen LogP contribution in [0.15, 0.2) is 29.5 Å². The number of allylic oxidation sites excluding steroid dienone is 1. The molecule has 3 N–H and O–H groups in total. The van der Waals surface area contributed by atoms with Crippen molar-refractivity contribution in [3.63, 3.8) is 0 Å². The van der Waals surface area contributed by atoms with E-state index in [-0.39, 0.29) is 11.3 Å². The maximum absolute atomic E-state index is 11.9. The molecule has 7 nitrogen and oxygen atoms in total. The summed E-state index contributed by atoms with van der Waals surface area (Å²) in [5.74, 6) is -0.329. The van der Waals surface area contributed by atoms with Crippen LogP contribution >= 0.6 is 0 Å². The molecular weight excluding hydrogens is 276 g/mol. The number of nitrogens with one attached hydrogen (secondary N) is 2. The summed E-state index contributed by atoms with van der Waals surface area (Å²) < 4.78 is 9.72. The molecular formula is C14H16N2O5. The predicted molar refractivity (Wildman–Crippen MR) is 73.8 cm³/mol. The Hall–Kier alpha value is -2.70. The molecule has 0 spiro atoms. The van der Waals surface area contributed by atoms with E-state index in [1.54, 1.807) is 19.1 Å². The summed E-state index contributed by atoms with van der Waals surface area (Å²) in [5.41, 5.74) is 1.23. The van der Waals surface area contributed by atoms with Gasteiger partial charge in [-0.15, -0.1) is 0 Å². The van der Waals surface area contributed by atoms with Crippen molar-refractivity contribution in [1.82, 2.24) is 10.6 Å². The van der Waals surface area contributed by atoms with Gasteiger partial charge in [0.25, 0.3) is 0 Å². The van der Waals surface area contributed by atoms with Gasteiger partial charge in [-0.3, -0.25) is 0 Å². The Kier molecular flexibility index (Phi) is 4.02. The Balaban J connectivity index is 2.48. The van der Waals surface area contributed by atoms with Crippen molar-refractivity contribution in [1.29, 1.82) is 0 Å². The van der Waals surface area contributed by atoms with E-state index in [1.807, 2.05) is 0 Å². The topological polar surface area (TPSA) is 96.9 Å². The number of phenolic OH excluding ortho intramolecular Hbond substituents is 1. The smallest absolute Gasteiger partial charge is 0.337 e. The van der Waals surface area contributed by atoms with E-state index in [4.69, 9.17) is 9.47 Å². The van der Waals surface area contributed by atoms with Crippen LogP contribution < -0.4 is 15.4 Å². The Bertz CT molecular complexity index is 624. The van der Waals surface area contributed by atoms with Crippen LogP contribution in [0.3, 0.4) is 0 Å². The lowest BCUT2D eigenvalue weighted by Gasteiger charge is -2.28. The van der Waals surface area contributed by atoms with Crippen LogP contribution in [0.4, 0.5) is 4.79 Å². The van der Waals surface area contributed by atoms with Crippen LogP contribution in [0.5, 0.6) is 11.5 Å². The van der Waals surface area contributed by atoms with Crippen molar-refractivity contribution in [3.8, 4) is 11.5 Å². The van der Waals surface area contributed by atoms with Crippen LogP contribution in [0.2, 0.25) is 0 Å². The number of urea groups is 1. The van der Waals surface area contributed by atoms with Crippen molar-refractivity contribution in [3.05, 3.63) is 35.0 Å². The second kappa shape index (κ2) is 5.74. The molecule has 0 aliphatic carbocycles. The highest BCUT2D eigenvalue weighted by Gasteiger charge is 2.32. The molecule has 112 valence electrons. The number of ether oxygens (including phenoxy) is 2. The number of hydrogen-bond acceptors (Lipinski definition) is 5. The SMILES string of the molecule is COC(=O)C1=C(C)NC(=O)N[C@@H]1c1ccc(OC)c(O)c1. The summed E-state index contributed by atoms with van der Waals surface area (Å²) >= 11 is 0. The van der Waals surface area contributed by atoms with Gasteiger partial charge >= 0.3 is 12.0 Å². The lowest BCUT2D eigenvalue weighted by Crippen LogP contribution is -2.45. The van der Waals surface area contributed by atoms with E-state index in [1.165, 1.54) is 20.3 Å². The molecule has 21 heavy (non-hydrogen) atoms. The number of carbonyl (C=O) groups is 2. The van der Waals surface area contributed by atoms with Gasteiger partial charge < -0.3 is 25.2 Å². The van der Waals surface area contributed by atoms with E-state index in [0.717, 1.165) is 0 Å². The summed E-state index contributed by atoms with van der Waals surface area (Å²) in [6.07, 6.45) is 0. The van der Waals surface area contributed by atoms with Gasteiger partial charge in [0.1, 0.15) is 0 Å². The highest BCUT2D eigenvalue weighted by molar-refractivity contribution is 5.94. The number of rotatable bonds is 3. The highest BCUT2D eigenvalue weighted by atomic mass is 16.5. The number of aromatic hydroxyl groups is 1. The molecule has 1 aromatic carbocycles. The number of carbonyl (C=O) groups excluding carboxylic acids is 2. The van der Waals surface area contributed by atoms with Crippen LogP contribution in [0, 0.1) is 0 Å². The molecule has 1 atom stereocenters. The van der Waals surface area contributed by atoms with Crippen molar-refractivity contribution >= 4 is 12.0 Å². The zero-order valence-electron chi connectivity index (χ0n) is 11.9. The summed E-state index contributed by atoms with van der Waals surface area (Å²) in [6.45, 7) is 1.61. The minimum absolute atomic E-state index is 0.0790. The Labute approximate surface area is 121 Å². The standard InChI is InChI=1S/C14H16N2O5/c1-7-11(13(18)21-3)12(16-14(19)15-7)8-4-5-10(20-2)9(17)6-8/h4-6,12,17H,1-3H3,(H2,15,16,19)/t12-/m1/s1. The first-order valence-corrected chi connectivity index (χ1v) is 6.21. The fraction of sp³-hybridized carbons (Fsp3) is 0.286. The van der Waals surface area contributed by atoms with Crippen molar-refractivity contribution in [2.75, 3.05) is 14.2 Å². The average Bonchev–Trinajstić information content (AvgIpc) is 2.45. The van der Waals surface area contributed by atoms with Gasteiger partial charge in [-0.05, 0) is 24.6 Å². The van der Waals surface area contributed by atoms with Crippen LogP contribution in [0.1, 0.15) is 18.5 Å². The van der Waals surface area contributed by atoms with E-state index in [0.29, 0.717) is 17.0 Å². The maximum Gasteiger partial charge on any atom is 0.337 e. The summed E-state index contributed by atoms with van der Waals surface area (Å²) in [5, 5.41) is 15.0. The van der Waals surface area contributed by atoms with E-state index < -0.39 is 18.0 Å². The monoisotopic (exact) mass is 292 g/mol.